The zero-order valence-corrected chi connectivity index (χ0v) is 12.6. The molecular weight excluding hydrogens is 276 g/mol. The number of hydrogen-bond acceptors (Lipinski definition) is 6. The third-order valence-corrected chi connectivity index (χ3v) is 3.92. The Morgan fingerprint density at radius 3 is 2.52 bits per heavy atom. The summed E-state index contributed by atoms with van der Waals surface area (Å²) in [4.78, 5) is 37.0. The molecule has 2 rings (SSSR count). The second-order valence-corrected chi connectivity index (χ2v) is 5.61. The van der Waals surface area contributed by atoms with Gasteiger partial charge in [0.1, 0.15) is 5.92 Å². The van der Waals surface area contributed by atoms with Gasteiger partial charge >= 0.3 is 11.9 Å². The topological polar surface area (TPSA) is 78.9 Å². The van der Waals surface area contributed by atoms with Crippen molar-refractivity contribution in [2.75, 3.05) is 13.2 Å². The number of rotatable bonds is 4. The lowest BCUT2D eigenvalue weighted by Crippen LogP contribution is -2.58. The Hall–Kier alpha value is -1.69. The fraction of sp³-hybridized carbons (Fsp3) is 0.667. The van der Waals surface area contributed by atoms with Crippen LogP contribution in [0.4, 0.5) is 0 Å². The first-order chi connectivity index (χ1) is 9.80. The van der Waals surface area contributed by atoms with Gasteiger partial charge in [0.25, 0.3) is 0 Å². The molecule has 116 valence electrons. The maximum Gasteiger partial charge on any atom is 0.350 e. The van der Waals surface area contributed by atoms with E-state index < -0.39 is 34.8 Å². The van der Waals surface area contributed by atoms with Gasteiger partial charge in [-0.15, -0.1) is 0 Å². The van der Waals surface area contributed by atoms with Crippen molar-refractivity contribution >= 4 is 17.7 Å². The van der Waals surface area contributed by atoms with E-state index in [4.69, 9.17) is 14.2 Å². The first-order valence-electron chi connectivity index (χ1n) is 7.07. The predicted molar refractivity (Wildman–Crippen MR) is 72.4 cm³/mol. The summed E-state index contributed by atoms with van der Waals surface area (Å²) in [6.45, 7) is 9.17. The van der Waals surface area contributed by atoms with Gasteiger partial charge in [0, 0.05) is 6.42 Å². The van der Waals surface area contributed by atoms with E-state index in [2.05, 4.69) is 6.58 Å². The fourth-order valence-electron chi connectivity index (χ4n) is 3.11. The standard InChI is InChI=1S/C15H20O6/c1-5-19-12(17)10-8-14(4)7-9(3)15(21-14,11(10)16)13(18)20-6-2/h10H,3,5-8H2,1-2,4H3/t10-,14-,15+/m1/s1. The number of hydrogen-bond donors (Lipinski definition) is 0. The summed E-state index contributed by atoms with van der Waals surface area (Å²) in [7, 11) is 0. The van der Waals surface area contributed by atoms with Crippen LogP contribution in [0.5, 0.6) is 0 Å². The van der Waals surface area contributed by atoms with Crippen LogP contribution in [0.25, 0.3) is 0 Å². The fourth-order valence-corrected chi connectivity index (χ4v) is 3.11. The van der Waals surface area contributed by atoms with Crippen LogP contribution in [0.3, 0.4) is 0 Å². The van der Waals surface area contributed by atoms with E-state index in [9.17, 15) is 14.4 Å². The van der Waals surface area contributed by atoms with E-state index in [0.717, 1.165) is 0 Å². The van der Waals surface area contributed by atoms with E-state index in [1.165, 1.54) is 0 Å². The van der Waals surface area contributed by atoms with E-state index in [-0.39, 0.29) is 19.6 Å². The van der Waals surface area contributed by atoms with Gasteiger partial charge in [-0.1, -0.05) is 6.58 Å². The highest BCUT2D eigenvalue weighted by Crippen LogP contribution is 2.51. The van der Waals surface area contributed by atoms with Crippen molar-refractivity contribution in [2.45, 2.75) is 44.8 Å². The van der Waals surface area contributed by atoms with Crippen molar-refractivity contribution in [1.29, 1.82) is 0 Å². The van der Waals surface area contributed by atoms with Crippen LogP contribution in [-0.4, -0.2) is 42.1 Å². The molecule has 0 amide bonds. The van der Waals surface area contributed by atoms with Gasteiger partial charge in [-0.3, -0.25) is 9.59 Å². The summed E-state index contributed by atoms with van der Waals surface area (Å²) in [6.07, 6.45) is 0.526. The minimum atomic E-state index is -1.86. The van der Waals surface area contributed by atoms with Crippen molar-refractivity contribution in [3.8, 4) is 0 Å². The van der Waals surface area contributed by atoms with Crippen LogP contribution in [0.15, 0.2) is 12.2 Å². The van der Waals surface area contributed by atoms with Crippen molar-refractivity contribution in [1.82, 2.24) is 0 Å². The summed E-state index contributed by atoms with van der Waals surface area (Å²) in [5.74, 6) is -3.06. The van der Waals surface area contributed by atoms with E-state index in [0.29, 0.717) is 12.0 Å². The van der Waals surface area contributed by atoms with E-state index in [1.54, 1.807) is 20.8 Å². The molecule has 0 radical (unpaired) electrons. The van der Waals surface area contributed by atoms with Crippen molar-refractivity contribution in [3.63, 3.8) is 0 Å². The minimum absolute atomic E-state index is 0.116. The lowest BCUT2D eigenvalue weighted by Gasteiger charge is -2.38. The quantitative estimate of drug-likeness (QED) is 0.440. The molecule has 0 spiro atoms. The molecule has 2 aliphatic heterocycles. The molecule has 2 saturated heterocycles. The normalized spacial score (nSPS) is 34.7. The van der Waals surface area contributed by atoms with Crippen LogP contribution in [0.1, 0.15) is 33.6 Å². The number of carbonyl (C=O) groups excluding carboxylic acids is 3. The molecule has 2 fully saturated rings. The van der Waals surface area contributed by atoms with Gasteiger partial charge in [0.15, 0.2) is 5.78 Å². The number of ether oxygens (including phenoxy) is 3. The molecule has 0 saturated carbocycles. The zero-order chi connectivity index (χ0) is 15.8. The Morgan fingerprint density at radius 1 is 1.33 bits per heavy atom. The van der Waals surface area contributed by atoms with Gasteiger partial charge in [0.05, 0.1) is 18.8 Å². The van der Waals surface area contributed by atoms with Gasteiger partial charge in [-0.05, 0) is 32.8 Å². The molecule has 2 bridgehead atoms. The smallest absolute Gasteiger partial charge is 0.350 e. The van der Waals surface area contributed by atoms with E-state index in [1.807, 2.05) is 0 Å². The Bertz CT molecular complexity index is 510. The number of fused-ring (bicyclic) bond motifs is 2. The van der Waals surface area contributed by atoms with Gasteiger partial charge < -0.3 is 14.2 Å². The lowest BCUT2D eigenvalue weighted by atomic mass is 9.82. The summed E-state index contributed by atoms with van der Waals surface area (Å²) < 4.78 is 15.7. The van der Waals surface area contributed by atoms with Crippen LogP contribution in [0, 0.1) is 5.92 Å². The number of esters is 2. The SMILES string of the molecule is C=C1C[C@]2(C)C[C@@H](C(=O)OCC)C(=O)[C@@]1(C(=O)OCC)O2. The van der Waals surface area contributed by atoms with Crippen molar-refractivity contribution in [3.05, 3.63) is 12.2 Å². The summed E-state index contributed by atoms with van der Waals surface area (Å²) >= 11 is 0. The maximum absolute atomic E-state index is 12.7. The highest BCUT2D eigenvalue weighted by Gasteiger charge is 2.67. The summed E-state index contributed by atoms with van der Waals surface area (Å²) in [5.41, 5.74) is -2.30. The predicted octanol–water partition coefficient (Wildman–Crippen LogP) is 1.18. The minimum Gasteiger partial charge on any atom is -0.465 e. The molecule has 0 N–H and O–H groups in total. The molecular formula is C15H20O6. The van der Waals surface area contributed by atoms with Crippen LogP contribution >= 0.6 is 0 Å². The molecule has 0 unspecified atom stereocenters. The molecule has 0 aromatic rings. The average molecular weight is 296 g/mol. The Balaban J connectivity index is 2.42. The monoisotopic (exact) mass is 296 g/mol. The molecule has 2 heterocycles. The first-order valence-corrected chi connectivity index (χ1v) is 7.07. The zero-order valence-electron chi connectivity index (χ0n) is 12.6. The summed E-state index contributed by atoms with van der Waals surface area (Å²) in [5, 5.41) is 0. The number of ketones is 1. The van der Waals surface area contributed by atoms with E-state index >= 15 is 0 Å². The maximum atomic E-state index is 12.7. The number of carbonyl (C=O) groups is 3. The van der Waals surface area contributed by atoms with Crippen molar-refractivity contribution in [2.24, 2.45) is 5.92 Å². The third-order valence-electron chi connectivity index (χ3n) is 3.92. The Labute approximate surface area is 123 Å². The molecule has 2 aliphatic rings. The third kappa shape index (κ3) is 2.27. The lowest BCUT2D eigenvalue weighted by molar-refractivity contribution is -0.195. The largest absolute Gasteiger partial charge is 0.465 e. The summed E-state index contributed by atoms with van der Waals surface area (Å²) in [6, 6.07) is 0. The Kier molecular flexibility index (Phi) is 3.93. The van der Waals surface area contributed by atoms with Gasteiger partial charge in [-0.25, -0.2) is 4.79 Å². The molecule has 21 heavy (non-hydrogen) atoms. The van der Waals surface area contributed by atoms with Crippen LogP contribution < -0.4 is 0 Å². The Morgan fingerprint density at radius 2 is 1.95 bits per heavy atom. The molecule has 3 atom stereocenters. The van der Waals surface area contributed by atoms with Crippen LogP contribution in [-0.2, 0) is 28.6 Å². The van der Waals surface area contributed by atoms with Gasteiger partial charge in [-0.2, -0.15) is 0 Å². The number of Topliss-reactive ketones (excluding diaryl/α,β-unsaturated/α-hetero) is 1. The second kappa shape index (κ2) is 5.26. The average Bonchev–Trinajstić information content (AvgIpc) is 2.64. The molecule has 0 aromatic carbocycles. The van der Waals surface area contributed by atoms with Crippen molar-refractivity contribution < 1.29 is 28.6 Å². The molecule has 6 nitrogen and oxygen atoms in total. The highest BCUT2D eigenvalue weighted by atomic mass is 16.6. The highest BCUT2D eigenvalue weighted by molar-refractivity contribution is 6.18. The first kappa shape index (κ1) is 15.7. The second-order valence-electron chi connectivity index (χ2n) is 5.61. The van der Waals surface area contributed by atoms with Crippen LogP contribution in [0.2, 0.25) is 0 Å². The molecule has 0 aromatic heterocycles. The molecule has 6 heteroatoms. The van der Waals surface area contributed by atoms with Gasteiger partial charge in [0.2, 0.25) is 5.60 Å². The molecule has 0 aliphatic carbocycles.